The van der Waals surface area contributed by atoms with Gasteiger partial charge in [-0.05, 0) is 36.1 Å². The standard InChI is InChI=1S/C14H20ClNO4S/c1-8(2)7-21(19,20)12-6-16-4-3-9-10(12)5-11(17)14(18)13(9)15/h5,8,12,16-18H,3-4,6-7H2,1-2H3. The molecule has 0 spiro atoms. The van der Waals surface area contributed by atoms with Gasteiger partial charge in [0.1, 0.15) is 0 Å². The molecule has 1 heterocycles. The highest BCUT2D eigenvalue weighted by Crippen LogP contribution is 2.42. The largest absolute Gasteiger partial charge is 0.504 e. The lowest BCUT2D eigenvalue weighted by molar-refractivity contribution is 0.402. The molecule has 2 rings (SSSR count). The van der Waals surface area contributed by atoms with Crippen LogP contribution in [0, 0.1) is 5.92 Å². The fourth-order valence-electron chi connectivity index (χ4n) is 2.68. The van der Waals surface area contributed by atoms with Crippen LogP contribution in [0.2, 0.25) is 5.02 Å². The van der Waals surface area contributed by atoms with E-state index in [-0.39, 0.29) is 29.0 Å². The van der Waals surface area contributed by atoms with Crippen molar-refractivity contribution in [3.63, 3.8) is 0 Å². The van der Waals surface area contributed by atoms with Crippen LogP contribution in [0.5, 0.6) is 11.5 Å². The van der Waals surface area contributed by atoms with E-state index in [9.17, 15) is 18.6 Å². The first-order valence-corrected chi connectivity index (χ1v) is 8.99. The highest BCUT2D eigenvalue weighted by molar-refractivity contribution is 7.91. The molecule has 0 radical (unpaired) electrons. The van der Waals surface area contributed by atoms with Gasteiger partial charge in [-0.15, -0.1) is 0 Å². The maximum atomic E-state index is 12.6. The fraction of sp³-hybridized carbons (Fsp3) is 0.571. The molecule has 0 aromatic heterocycles. The highest BCUT2D eigenvalue weighted by atomic mass is 35.5. The van der Waals surface area contributed by atoms with Crippen LogP contribution in [-0.4, -0.2) is 37.5 Å². The predicted octanol–water partition coefficient (Wildman–Crippen LogP) is 2.01. The van der Waals surface area contributed by atoms with E-state index in [2.05, 4.69) is 5.32 Å². The maximum Gasteiger partial charge on any atom is 0.176 e. The van der Waals surface area contributed by atoms with Gasteiger partial charge in [0.05, 0.1) is 16.0 Å². The minimum Gasteiger partial charge on any atom is -0.504 e. The first kappa shape index (κ1) is 16.4. The van der Waals surface area contributed by atoms with Crippen LogP contribution >= 0.6 is 11.6 Å². The number of phenols is 2. The molecule has 0 fully saturated rings. The number of fused-ring (bicyclic) bond motifs is 1. The van der Waals surface area contributed by atoms with Crippen LogP contribution in [0.4, 0.5) is 0 Å². The van der Waals surface area contributed by atoms with Crippen molar-refractivity contribution in [3.8, 4) is 11.5 Å². The zero-order chi connectivity index (χ0) is 15.8. The molecule has 7 heteroatoms. The van der Waals surface area contributed by atoms with E-state index in [1.807, 2.05) is 13.8 Å². The maximum absolute atomic E-state index is 12.6. The Kier molecular flexibility index (Phi) is 4.70. The Morgan fingerprint density at radius 1 is 1.43 bits per heavy atom. The summed E-state index contributed by atoms with van der Waals surface area (Å²) in [5, 5.41) is 21.9. The number of halogens is 1. The van der Waals surface area contributed by atoms with Crippen LogP contribution in [0.25, 0.3) is 0 Å². The molecule has 0 saturated heterocycles. The lowest BCUT2D eigenvalue weighted by Gasteiger charge is -2.20. The summed E-state index contributed by atoms with van der Waals surface area (Å²) < 4.78 is 25.2. The van der Waals surface area contributed by atoms with Gasteiger partial charge >= 0.3 is 0 Å². The number of benzene rings is 1. The van der Waals surface area contributed by atoms with E-state index in [0.29, 0.717) is 24.1 Å². The summed E-state index contributed by atoms with van der Waals surface area (Å²) in [6, 6.07) is 1.33. The highest BCUT2D eigenvalue weighted by Gasteiger charge is 2.33. The van der Waals surface area contributed by atoms with Crippen molar-refractivity contribution < 1.29 is 18.6 Å². The number of nitrogens with one attached hydrogen (secondary N) is 1. The van der Waals surface area contributed by atoms with Crippen LogP contribution in [0.1, 0.15) is 30.2 Å². The second-order valence-corrected chi connectivity index (χ2v) is 8.40. The molecular weight excluding hydrogens is 314 g/mol. The Balaban J connectivity index is 2.58. The second-order valence-electron chi connectivity index (χ2n) is 5.79. The average Bonchev–Trinajstić information content (AvgIpc) is 2.57. The first-order chi connectivity index (χ1) is 9.74. The summed E-state index contributed by atoms with van der Waals surface area (Å²) in [5.41, 5.74) is 1.08. The Morgan fingerprint density at radius 3 is 2.71 bits per heavy atom. The predicted molar refractivity (Wildman–Crippen MR) is 82.7 cm³/mol. The van der Waals surface area contributed by atoms with Crippen molar-refractivity contribution in [1.82, 2.24) is 5.32 Å². The quantitative estimate of drug-likeness (QED) is 0.737. The number of hydrogen-bond acceptors (Lipinski definition) is 5. The third-order valence-corrected chi connectivity index (χ3v) is 6.41. The molecule has 0 saturated carbocycles. The molecule has 1 unspecified atom stereocenters. The van der Waals surface area contributed by atoms with Crippen LogP contribution in [-0.2, 0) is 16.3 Å². The van der Waals surface area contributed by atoms with E-state index >= 15 is 0 Å². The van der Waals surface area contributed by atoms with Gasteiger partial charge in [0, 0.05) is 6.54 Å². The van der Waals surface area contributed by atoms with Gasteiger partial charge in [-0.3, -0.25) is 0 Å². The molecule has 1 aromatic carbocycles. The van der Waals surface area contributed by atoms with Gasteiger partial charge in [0.25, 0.3) is 0 Å². The minimum absolute atomic E-state index is 0.0166. The summed E-state index contributed by atoms with van der Waals surface area (Å²) in [6.45, 7) is 4.56. The van der Waals surface area contributed by atoms with E-state index in [0.717, 1.165) is 0 Å². The number of phenolic OH excluding ortho intramolecular Hbond substituents is 2. The van der Waals surface area contributed by atoms with Crippen molar-refractivity contribution >= 4 is 21.4 Å². The Hall–Kier alpha value is -0.980. The van der Waals surface area contributed by atoms with Gasteiger partial charge in [-0.2, -0.15) is 0 Å². The Morgan fingerprint density at radius 2 is 2.10 bits per heavy atom. The van der Waals surface area contributed by atoms with Gasteiger partial charge in [-0.25, -0.2) is 8.42 Å². The van der Waals surface area contributed by atoms with E-state index in [1.54, 1.807) is 0 Å². The van der Waals surface area contributed by atoms with Crippen LogP contribution in [0.15, 0.2) is 6.07 Å². The molecule has 118 valence electrons. The molecule has 1 aliphatic heterocycles. The molecule has 0 bridgehead atoms. The number of aromatic hydroxyl groups is 2. The van der Waals surface area contributed by atoms with E-state index < -0.39 is 20.8 Å². The third kappa shape index (κ3) is 3.27. The van der Waals surface area contributed by atoms with Crippen molar-refractivity contribution in [2.24, 2.45) is 5.92 Å². The SMILES string of the molecule is CC(C)CS(=O)(=O)C1CNCCc2c1cc(O)c(O)c2Cl. The number of sulfone groups is 1. The monoisotopic (exact) mass is 333 g/mol. The smallest absolute Gasteiger partial charge is 0.176 e. The van der Waals surface area contributed by atoms with Crippen LogP contribution in [0.3, 0.4) is 0 Å². The summed E-state index contributed by atoms with van der Waals surface area (Å²) in [4.78, 5) is 0. The molecule has 5 nitrogen and oxygen atoms in total. The Labute approximate surface area is 129 Å². The lowest BCUT2D eigenvalue weighted by atomic mass is 10.0. The van der Waals surface area contributed by atoms with Crippen molar-refractivity contribution in [2.75, 3.05) is 18.8 Å². The molecule has 1 atom stereocenters. The Bertz CT molecular complexity index is 643. The summed E-state index contributed by atoms with van der Waals surface area (Å²) in [6.07, 6.45) is 0.510. The number of rotatable bonds is 3. The molecular formula is C14H20ClNO4S. The summed E-state index contributed by atoms with van der Waals surface area (Å²) in [7, 11) is -3.38. The third-order valence-electron chi connectivity index (χ3n) is 3.58. The lowest BCUT2D eigenvalue weighted by Crippen LogP contribution is -2.28. The molecule has 0 amide bonds. The molecule has 1 aliphatic rings. The zero-order valence-corrected chi connectivity index (χ0v) is 13.6. The summed E-state index contributed by atoms with van der Waals surface area (Å²) in [5.74, 6) is -0.691. The van der Waals surface area contributed by atoms with Crippen LogP contribution < -0.4 is 5.32 Å². The van der Waals surface area contributed by atoms with Gasteiger partial charge in [0.2, 0.25) is 0 Å². The molecule has 21 heavy (non-hydrogen) atoms. The van der Waals surface area contributed by atoms with Gasteiger partial charge < -0.3 is 15.5 Å². The molecule has 0 aliphatic carbocycles. The van der Waals surface area contributed by atoms with Crippen molar-refractivity contribution in [2.45, 2.75) is 25.5 Å². The number of hydrogen-bond donors (Lipinski definition) is 3. The van der Waals surface area contributed by atoms with Crippen molar-refractivity contribution in [3.05, 3.63) is 22.2 Å². The normalized spacial score (nSPS) is 19.3. The van der Waals surface area contributed by atoms with E-state index in [4.69, 9.17) is 11.6 Å². The van der Waals surface area contributed by atoms with Gasteiger partial charge in [0.15, 0.2) is 21.3 Å². The average molecular weight is 334 g/mol. The fourth-order valence-corrected chi connectivity index (χ4v) is 5.11. The van der Waals surface area contributed by atoms with E-state index in [1.165, 1.54) is 6.07 Å². The first-order valence-electron chi connectivity index (χ1n) is 6.89. The van der Waals surface area contributed by atoms with Crippen molar-refractivity contribution in [1.29, 1.82) is 0 Å². The van der Waals surface area contributed by atoms with Gasteiger partial charge in [-0.1, -0.05) is 25.4 Å². The summed E-state index contributed by atoms with van der Waals surface area (Å²) >= 11 is 6.08. The molecule has 3 N–H and O–H groups in total. The second kappa shape index (κ2) is 6.02. The zero-order valence-electron chi connectivity index (χ0n) is 12.1. The molecule has 1 aromatic rings. The topological polar surface area (TPSA) is 86.6 Å². The minimum atomic E-state index is -3.38.